The van der Waals surface area contributed by atoms with Gasteiger partial charge in [0, 0.05) is 19.8 Å². The maximum Gasteiger partial charge on any atom is 0.344 e. The molecule has 33 heavy (non-hydrogen) atoms. The van der Waals surface area contributed by atoms with E-state index in [2.05, 4.69) is 0 Å². The molecule has 174 valence electrons. The van der Waals surface area contributed by atoms with Gasteiger partial charge in [-0.1, -0.05) is 24.3 Å². The number of benzene rings is 2. The first-order valence-electron chi connectivity index (χ1n) is 9.97. The van der Waals surface area contributed by atoms with Gasteiger partial charge in [-0.05, 0) is 54.8 Å². The number of likely N-dealkylation sites (N-methyl/N-ethyl adjacent to an activating group) is 1. The molecule has 0 aliphatic rings. The number of carbonyl (C=O) groups excluding carboxylic acids is 2. The number of nitrogens with zero attached hydrogens (tertiary/aromatic N) is 2. The molecule has 0 fully saturated rings. The summed E-state index contributed by atoms with van der Waals surface area (Å²) in [5.41, 5.74) is 1.13. The van der Waals surface area contributed by atoms with Crippen molar-refractivity contribution in [2.75, 3.05) is 29.9 Å². The Bertz CT molecular complexity index is 1180. The zero-order chi connectivity index (χ0) is 24.0. The van der Waals surface area contributed by atoms with Crippen LogP contribution in [0.1, 0.15) is 6.92 Å². The lowest BCUT2D eigenvalue weighted by Gasteiger charge is -2.21. The highest BCUT2D eigenvalue weighted by atomic mass is 32.2. The van der Waals surface area contributed by atoms with Crippen molar-refractivity contribution in [3.8, 4) is 5.75 Å². The molecule has 0 saturated heterocycles. The maximum absolute atomic E-state index is 12.6. The summed E-state index contributed by atoms with van der Waals surface area (Å²) in [6.45, 7) is 1.10. The monoisotopic (exact) mass is 488 g/mol. The van der Waals surface area contributed by atoms with Crippen molar-refractivity contribution in [1.29, 1.82) is 0 Å². The fourth-order valence-corrected chi connectivity index (χ4v) is 5.27. The Morgan fingerprint density at radius 1 is 0.939 bits per heavy atom. The molecule has 1 heterocycles. The van der Waals surface area contributed by atoms with E-state index in [1.807, 2.05) is 18.2 Å². The van der Waals surface area contributed by atoms with E-state index in [1.54, 1.807) is 61.0 Å². The number of rotatable bonds is 9. The second-order valence-electron chi connectivity index (χ2n) is 7.05. The number of esters is 1. The quantitative estimate of drug-likeness (QED) is 0.428. The Kier molecular flexibility index (Phi) is 7.72. The molecule has 0 saturated carbocycles. The average Bonchev–Trinajstić information content (AvgIpc) is 3.38. The Morgan fingerprint density at radius 2 is 1.61 bits per heavy atom. The third-order valence-electron chi connectivity index (χ3n) is 4.80. The minimum Gasteiger partial charge on any atom is -0.482 e. The smallest absolute Gasteiger partial charge is 0.344 e. The van der Waals surface area contributed by atoms with Crippen molar-refractivity contribution in [2.24, 2.45) is 0 Å². The van der Waals surface area contributed by atoms with Gasteiger partial charge in [0.05, 0.1) is 5.69 Å². The summed E-state index contributed by atoms with van der Waals surface area (Å²) in [6, 6.07) is 18.5. The van der Waals surface area contributed by atoms with Crippen LogP contribution in [0.2, 0.25) is 0 Å². The van der Waals surface area contributed by atoms with Crippen LogP contribution in [0.15, 0.2) is 76.3 Å². The molecule has 0 spiro atoms. The molecular weight excluding hydrogens is 464 g/mol. The van der Waals surface area contributed by atoms with E-state index in [4.69, 9.17) is 9.47 Å². The third kappa shape index (κ3) is 5.91. The molecule has 3 aromatic rings. The van der Waals surface area contributed by atoms with Gasteiger partial charge >= 0.3 is 5.97 Å². The summed E-state index contributed by atoms with van der Waals surface area (Å²) in [5, 5.41) is 1.70. The zero-order valence-electron chi connectivity index (χ0n) is 18.4. The molecule has 1 unspecified atom stereocenters. The van der Waals surface area contributed by atoms with E-state index in [0.717, 1.165) is 11.3 Å². The first-order valence-corrected chi connectivity index (χ1v) is 12.3. The summed E-state index contributed by atoms with van der Waals surface area (Å²) in [6.07, 6.45) is -0.982. The van der Waals surface area contributed by atoms with Crippen LogP contribution >= 0.6 is 11.3 Å². The number of thiophene rings is 1. The lowest BCUT2D eigenvalue weighted by Crippen LogP contribution is -2.38. The van der Waals surface area contributed by atoms with Crippen molar-refractivity contribution in [2.45, 2.75) is 17.2 Å². The van der Waals surface area contributed by atoms with Gasteiger partial charge in [-0.2, -0.15) is 0 Å². The highest BCUT2D eigenvalue weighted by Gasteiger charge is 2.23. The van der Waals surface area contributed by atoms with Gasteiger partial charge in [0.1, 0.15) is 9.96 Å². The van der Waals surface area contributed by atoms with Crippen LogP contribution in [0.4, 0.5) is 11.4 Å². The van der Waals surface area contributed by atoms with Crippen LogP contribution in [-0.4, -0.2) is 47.1 Å². The van der Waals surface area contributed by atoms with E-state index >= 15 is 0 Å². The van der Waals surface area contributed by atoms with Crippen LogP contribution in [0.3, 0.4) is 0 Å². The number of sulfonamides is 1. The lowest BCUT2D eigenvalue weighted by atomic mass is 10.2. The van der Waals surface area contributed by atoms with E-state index in [1.165, 1.54) is 23.2 Å². The molecule has 0 N–H and O–H groups in total. The standard InChI is InChI=1S/C23H24N2O6S2/c1-17(23(27)24(2)18-8-5-4-6-9-18)31-21(26)16-30-20-13-11-19(12-14-20)25(3)33(28,29)22-10-7-15-32-22/h4-15,17H,16H2,1-3H3. The second kappa shape index (κ2) is 10.5. The Labute approximate surface area is 197 Å². The van der Waals surface area contributed by atoms with E-state index in [0.29, 0.717) is 17.1 Å². The molecule has 10 heteroatoms. The first kappa shape index (κ1) is 24.3. The highest BCUT2D eigenvalue weighted by molar-refractivity contribution is 7.94. The normalized spacial score (nSPS) is 12.0. The first-order chi connectivity index (χ1) is 15.7. The van der Waals surface area contributed by atoms with Gasteiger partial charge in [-0.15, -0.1) is 11.3 Å². The minimum absolute atomic E-state index is 0.245. The molecule has 3 rings (SSSR count). The van der Waals surface area contributed by atoms with Crippen molar-refractivity contribution in [3.05, 3.63) is 72.1 Å². The summed E-state index contributed by atoms with van der Waals surface area (Å²) in [4.78, 5) is 26.0. The third-order valence-corrected chi connectivity index (χ3v) is 7.96. The molecule has 0 aliphatic carbocycles. The number of para-hydroxylation sites is 1. The van der Waals surface area contributed by atoms with Crippen LogP contribution in [-0.2, 0) is 24.3 Å². The number of carbonyl (C=O) groups is 2. The average molecular weight is 489 g/mol. The fourth-order valence-electron chi connectivity index (χ4n) is 2.91. The number of hydrogen-bond donors (Lipinski definition) is 0. The van der Waals surface area contributed by atoms with Crippen molar-refractivity contribution >= 4 is 44.6 Å². The fraction of sp³-hybridized carbons (Fsp3) is 0.217. The SMILES string of the molecule is CC(OC(=O)COc1ccc(N(C)S(=O)(=O)c2cccs2)cc1)C(=O)N(C)c1ccccc1. The summed E-state index contributed by atoms with van der Waals surface area (Å²) < 4.78 is 37.2. The predicted octanol–water partition coefficient (Wildman–Crippen LogP) is 3.55. The topological polar surface area (TPSA) is 93.2 Å². The maximum atomic E-state index is 12.6. The van der Waals surface area contributed by atoms with Gasteiger partial charge in [-0.3, -0.25) is 9.10 Å². The summed E-state index contributed by atoms with van der Waals surface area (Å²) in [7, 11) is -0.563. The molecule has 1 amide bonds. The Hall–Kier alpha value is -3.37. The molecule has 0 aliphatic heterocycles. The van der Waals surface area contributed by atoms with E-state index in [9.17, 15) is 18.0 Å². The number of amides is 1. The van der Waals surface area contributed by atoms with Gasteiger partial charge < -0.3 is 14.4 Å². The Balaban J connectivity index is 1.52. The molecule has 8 nitrogen and oxygen atoms in total. The van der Waals surface area contributed by atoms with Crippen molar-refractivity contribution < 1.29 is 27.5 Å². The second-order valence-corrected chi connectivity index (χ2v) is 10.2. The van der Waals surface area contributed by atoms with Crippen LogP contribution < -0.4 is 13.9 Å². The van der Waals surface area contributed by atoms with Crippen molar-refractivity contribution in [3.63, 3.8) is 0 Å². The predicted molar refractivity (Wildman–Crippen MR) is 127 cm³/mol. The molecule has 0 bridgehead atoms. The van der Waals surface area contributed by atoms with E-state index < -0.39 is 28.7 Å². The van der Waals surface area contributed by atoms with Crippen LogP contribution in [0.25, 0.3) is 0 Å². The van der Waals surface area contributed by atoms with Gasteiger partial charge in [0.2, 0.25) is 0 Å². The number of ether oxygens (including phenoxy) is 2. The summed E-state index contributed by atoms with van der Waals surface area (Å²) in [5.74, 6) is -0.703. The van der Waals surface area contributed by atoms with Gasteiger partial charge in [0.25, 0.3) is 15.9 Å². The Morgan fingerprint density at radius 3 is 2.21 bits per heavy atom. The van der Waals surface area contributed by atoms with Gasteiger partial charge in [-0.25, -0.2) is 13.2 Å². The molecular formula is C23H24N2O6S2. The molecule has 2 aromatic carbocycles. The van der Waals surface area contributed by atoms with Crippen molar-refractivity contribution in [1.82, 2.24) is 0 Å². The number of hydrogen-bond acceptors (Lipinski definition) is 7. The molecule has 1 aromatic heterocycles. The van der Waals surface area contributed by atoms with Crippen LogP contribution in [0.5, 0.6) is 5.75 Å². The highest BCUT2D eigenvalue weighted by Crippen LogP contribution is 2.26. The van der Waals surface area contributed by atoms with Gasteiger partial charge in [0.15, 0.2) is 12.7 Å². The summed E-state index contributed by atoms with van der Waals surface area (Å²) >= 11 is 1.14. The molecule has 0 radical (unpaired) electrons. The minimum atomic E-state index is -3.64. The molecule has 1 atom stereocenters. The largest absolute Gasteiger partial charge is 0.482 e. The van der Waals surface area contributed by atoms with Crippen LogP contribution in [0, 0.1) is 0 Å². The number of anilines is 2. The zero-order valence-corrected chi connectivity index (χ0v) is 20.0. The van der Waals surface area contributed by atoms with E-state index in [-0.39, 0.29) is 10.1 Å². The lowest BCUT2D eigenvalue weighted by molar-refractivity contribution is -0.155.